The van der Waals surface area contributed by atoms with E-state index in [1.807, 2.05) is 11.0 Å². The largest absolute Gasteiger partial charge is 0.366 e. The summed E-state index contributed by atoms with van der Waals surface area (Å²) < 4.78 is 13.3. The van der Waals surface area contributed by atoms with E-state index < -0.39 is 5.91 Å². The van der Waals surface area contributed by atoms with Crippen LogP contribution in [0.1, 0.15) is 39.1 Å². The summed E-state index contributed by atoms with van der Waals surface area (Å²) in [6.07, 6.45) is 2.48. The van der Waals surface area contributed by atoms with Crippen molar-refractivity contribution in [3.8, 4) is 0 Å². The van der Waals surface area contributed by atoms with Gasteiger partial charge in [0.15, 0.2) is 0 Å². The van der Waals surface area contributed by atoms with E-state index in [1.165, 1.54) is 12.1 Å². The van der Waals surface area contributed by atoms with Gasteiger partial charge >= 0.3 is 0 Å². The number of rotatable bonds is 4. The van der Waals surface area contributed by atoms with Crippen LogP contribution in [-0.2, 0) is 6.42 Å². The molecule has 2 aromatic rings. The molecule has 1 heterocycles. The number of nitrogens with two attached hydrogens (primary N) is 1. The molecule has 2 amide bonds. The van der Waals surface area contributed by atoms with Gasteiger partial charge in [-0.05, 0) is 61.2 Å². The van der Waals surface area contributed by atoms with Gasteiger partial charge < -0.3 is 10.6 Å². The fourth-order valence-corrected chi connectivity index (χ4v) is 3.19. The Bertz CT molecular complexity index is 758. The minimum atomic E-state index is -0.515. The highest BCUT2D eigenvalue weighted by atomic mass is 19.1. The third kappa shape index (κ3) is 3.45. The van der Waals surface area contributed by atoms with E-state index in [0.29, 0.717) is 24.1 Å². The average Bonchev–Trinajstić information content (AvgIpc) is 3.02. The van der Waals surface area contributed by atoms with Gasteiger partial charge in [0.2, 0.25) is 5.91 Å². The Morgan fingerprint density at radius 2 is 1.83 bits per heavy atom. The summed E-state index contributed by atoms with van der Waals surface area (Å²) in [4.78, 5) is 25.7. The highest BCUT2D eigenvalue weighted by Crippen LogP contribution is 2.24. The zero-order chi connectivity index (χ0) is 17.1. The van der Waals surface area contributed by atoms with Crippen LogP contribution in [-0.4, -0.2) is 29.3 Å². The lowest BCUT2D eigenvalue weighted by Crippen LogP contribution is -2.36. The Hall–Kier alpha value is -2.69. The number of hydrogen-bond acceptors (Lipinski definition) is 2. The molecule has 0 spiro atoms. The molecule has 1 saturated heterocycles. The molecule has 2 N–H and O–H groups in total. The number of amides is 2. The molecular formula is C19H19FN2O2. The highest BCUT2D eigenvalue weighted by molar-refractivity contribution is 5.97. The first-order valence-electron chi connectivity index (χ1n) is 8.00. The van der Waals surface area contributed by atoms with Gasteiger partial charge in [-0.3, -0.25) is 9.59 Å². The van der Waals surface area contributed by atoms with Gasteiger partial charge in [0.25, 0.3) is 5.91 Å². The highest BCUT2D eigenvalue weighted by Gasteiger charge is 2.29. The summed E-state index contributed by atoms with van der Waals surface area (Å²) in [6, 6.07) is 12.9. The molecule has 1 fully saturated rings. The van der Waals surface area contributed by atoms with Crippen molar-refractivity contribution in [2.45, 2.75) is 25.3 Å². The molecule has 0 aromatic heterocycles. The molecule has 24 heavy (non-hydrogen) atoms. The van der Waals surface area contributed by atoms with Gasteiger partial charge in [0.1, 0.15) is 5.82 Å². The number of primary amides is 1. The zero-order valence-corrected chi connectivity index (χ0v) is 13.2. The van der Waals surface area contributed by atoms with E-state index in [1.54, 1.807) is 30.3 Å². The number of carbonyl (C=O) groups excluding carboxylic acids is 2. The first kappa shape index (κ1) is 16.2. The summed E-state index contributed by atoms with van der Waals surface area (Å²) in [6.45, 7) is 0.691. The van der Waals surface area contributed by atoms with E-state index in [4.69, 9.17) is 5.73 Å². The summed E-state index contributed by atoms with van der Waals surface area (Å²) in [5.74, 6) is -0.838. The summed E-state index contributed by atoms with van der Waals surface area (Å²) in [5, 5.41) is 0. The van der Waals surface area contributed by atoms with E-state index in [-0.39, 0.29) is 17.8 Å². The second-order valence-corrected chi connectivity index (χ2v) is 6.07. The molecule has 2 aromatic carbocycles. The lowest BCUT2D eigenvalue weighted by molar-refractivity contribution is 0.0736. The molecule has 0 aliphatic carbocycles. The van der Waals surface area contributed by atoms with Gasteiger partial charge in [-0.15, -0.1) is 0 Å². The normalized spacial score (nSPS) is 17.0. The first-order chi connectivity index (χ1) is 11.5. The summed E-state index contributed by atoms with van der Waals surface area (Å²) >= 11 is 0. The molecular weight excluding hydrogens is 307 g/mol. The monoisotopic (exact) mass is 326 g/mol. The minimum absolute atomic E-state index is 0.0649. The van der Waals surface area contributed by atoms with Crippen LogP contribution < -0.4 is 5.73 Å². The van der Waals surface area contributed by atoms with Crippen molar-refractivity contribution in [2.24, 2.45) is 5.73 Å². The van der Waals surface area contributed by atoms with E-state index in [9.17, 15) is 14.0 Å². The topological polar surface area (TPSA) is 63.4 Å². The Morgan fingerprint density at radius 3 is 2.50 bits per heavy atom. The standard InChI is InChI=1S/C19H19FN2O2/c20-16-4-1-3-13(11-16)12-17-5-2-10-22(17)19(24)15-8-6-14(7-9-15)18(21)23/h1,3-4,6-9,11,17H,2,5,10,12H2,(H2,21,23)/t17-/m1/s1. The van der Waals surface area contributed by atoms with E-state index in [0.717, 1.165) is 18.4 Å². The van der Waals surface area contributed by atoms with Crippen molar-refractivity contribution < 1.29 is 14.0 Å². The van der Waals surface area contributed by atoms with Crippen molar-refractivity contribution in [2.75, 3.05) is 6.54 Å². The molecule has 4 nitrogen and oxygen atoms in total. The third-order valence-corrected chi connectivity index (χ3v) is 4.41. The van der Waals surface area contributed by atoms with Crippen LogP contribution in [0.3, 0.4) is 0 Å². The Labute approximate surface area is 140 Å². The van der Waals surface area contributed by atoms with Crippen LogP contribution in [0, 0.1) is 5.82 Å². The maximum absolute atomic E-state index is 13.3. The van der Waals surface area contributed by atoms with Gasteiger partial charge in [0, 0.05) is 23.7 Å². The molecule has 0 radical (unpaired) electrons. The maximum atomic E-state index is 13.3. The van der Waals surface area contributed by atoms with Crippen LogP contribution in [0.5, 0.6) is 0 Å². The number of likely N-dealkylation sites (tertiary alicyclic amines) is 1. The first-order valence-corrected chi connectivity index (χ1v) is 8.00. The van der Waals surface area contributed by atoms with Crippen molar-refractivity contribution >= 4 is 11.8 Å². The molecule has 1 atom stereocenters. The molecule has 5 heteroatoms. The molecule has 0 saturated carbocycles. The zero-order valence-electron chi connectivity index (χ0n) is 13.2. The Morgan fingerprint density at radius 1 is 1.12 bits per heavy atom. The van der Waals surface area contributed by atoms with E-state index >= 15 is 0 Å². The minimum Gasteiger partial charge on any atom is -0.366 e. The molecule has 1 aliphatic rings. The van der Waals surface area contributed by atoms with Crippen LogP contribution in [0.4, 0.5) is 4.39 Å². The second kappa shape index (κ2) is 6.83. The third-order valence-electron chi connectivity index (χ3n) is 4.41. The number of benzene rings is 2. The SMILES string of the molecule is NC(=O)c1ccc(C(=O)N2CCC[C@@H]2Cc2cccc(F)c2)cc1. The van der Waals surface area contributed by atoms with Crippen LogP contribution in [0.15, 0.2) is 48.5 Å². The second-order valence-electron chi connectivity index (χ2n) is 6.07. The van der Waals surface area contributed by atoms with Gasteiger partial charge in [0.05, 0.1) is 0 Å². The average molecular weight is 326 g/mol. The molecule has 124 valence electrons. The quantitative estimate of drug-likeness (QED) is 0.939. The van der Waals surface area contributed by atoms with Crippen molar-refractivity contribution in [3.05, 3.63) is 71.0 Å². The van der Waals surface area contributed by atoms with Crippen molar-refractivity contribution in [1.29, 1.82) is 0 Å². The number of carbonyl (C=O) groups is 2. The van der Waals surface area contributed by atoms with Crippen LogP contribution in [0.25, 0.3) is 0 Å². The van der Waals surface area contributed by atoms with Crippen LogP contribution in [0.2, 0.25) is 0 Å². The molecule has 1 aliphatic heterocycles. The van der Waals surface area contributed by atoms with Crippen molar-refractivity contribution in [1.82, 2.24) is 4.90 Å². The summed E-state index contributed by atoms with van der Waals surface area (Å²) in [5.41, 5.74) is 7.02. The summed E-state index contributed by atoms with van der Waals surface area (Å²) in [7, 11) is 0. The lowest BCUT2D eigenvalue weighted by atomic mass is 10.0. The molecule has 3 rings (SSSR count). The smallest absolute Gasteiger partial charge is 0.254 e. The van der Waals surface area contributed by atoms with Crippen LogP contribution >= 0.6 is 0 Å². The van der Waals surface area contributed by atoms with Gasteiger partial charge in [-0.25, -0.2) is 4.39 Å². The van der Waals surface area contributed by atoms with Gasteiger partial charge in [-0.2, -0.15) is 0 Å². The predicted molar refractivity (Wildman–Crippen MR) is 89.1 cm³/mol. The number of hydrogen-bond donors (Lipinski definition) is 1. The van der Waals surface area contributed by atoms with E-state index in [2.05, 4.69) is 0 Å². The lowest BCUT2D eigenvalue weighted by Gasteiger charge is -2.25. The number of nitrogens with zero attached hydrogens (tertiary/aromatic N) is 1. The van der Waals surface area contributed by atoms with Gasteiger partial charge in [-0.1, -0.05) is 12.1 Å². The molecule has 0 bridgehead atoms. The molecule has 0 unspecified atom stereocenters. The Balaban J connectivity index is 1.74. The fourth-order valence-electron chi connectivity index (χ4n) is 3.19. The number of halogens is 1. The van der Waals surface area contributed by atoms with Crippen molar-refractivity contribution in [3.63, 3.8) is 0 Å². The Kier molecular flexibility index (Phi) is 4.60. The predicted octanol–water partition coefficient (Wildman–Crippen LogP) is 2.77. The maximum Gasteiger partial charge on any atom is 0.254 e. The fraction of sp³-hybridized carbons (Fsp3) is 0.263.